The van der Waals surface area contributed by atoms with E-state index in [0.717, 1.165) is 18.8 Å². The third-order valence-corrected chi connectivity index (χ3v) is 5.00. The first-order chi connectivity index (χ1) is 9.66. The van der Waals surface area contributed by atoms with Crippen molar-refractivity contribution in [2.24, 2.45) is 11.3 Å². The van der Waals surface area contributed by atoms with Crippen LogP contribution in [0.1, 0.15) is 67.2 Å². The molecule has 1 aliphatic rings. The molecule has 2 N–H and O–H groups in total. The van der Waals surface area contributed by atoms with Crippen molar-refractivity contribution >= 4 is 0 Å². The molecular formula is C18H38N2O. The van der Waals surface area contributed by atoms with Gasteiger partial charge >= 0.3 is 0 Å². The SMILES string of the molecule is CC(C)NC(C)(CO)CCCN1CCC(C(C)(C)C)CC1. The van der Waals surface area contributed by atoms with Gasteiger partial charge in [-0.3, -0.25) is 0 Å². The van der Waals surface area contributed by atoms with Crippen LogP contribution in [0, 0.1) is 11.3 Å². The first kappa shape index (κ1) is 18.9. The number of hydrogen-bond acceptors (Lipinski definition) is 3. The highest BCUT2D eigenvalue weighted by atomic mass is 16.3. The molecule has 0 aliphatic carbocycles. The highest BCUT2D eigenvalue weighted by molar-refractivity contribution is 4.85. The topological polar surface area (TPSA) is 35.5 Å². The van der Waals surface area contributed by atoms with Crippen LogP contribution in [0.3, 0.4) is 0 Å². The van der Waals surface area contributed by atoms with Gasteiger partial charge in [-0.2, -0.15) is 0 Å². The largest absolute Gasteiger partial charge is 0.394 e. The van der Waals surface area contributed by atoms with E-state index in [0.29, 0.717) is 11.5 Å². The predicted octanol–water partition coefficient (Wildman–Crippen LogP) is 3.27. The van der Waals surface area contributed by atoms with Crippen LogP contribution in [-0.2, 0) is 0 Å². The molecule has 1 saturated heterocycles. The van der Waals surface area contributed by atoms with Crippen molar-refractivity contribution in [2.75, 3.05) is 26.2 Å². The Kier molecular flexibility index (Phi) is 7.15. The lowest BCUT2D eigenvalue weighted by molar-refractivity contribution is 0.104. The van der Waals surface area contributed by atoms with E-state index in [1.54, 1.807) is 0 Å². The van der Waals surface area contributed by atoms with Crippen molar-refractivity contribution in [3.05, 3.63) is 0 Å². The Bertz CT molecular complexity index is 290. The summed E-state index contributed by atoms with van der Waals surface area (Å²) in [6.45, 7) is 17.4. The predicted molar refractivity (Wildman–Crippen MR) is 91.6 cm³/mol. The van der Waals surface area contributed by atoms with E-state index in [9.17, 15) is 5.11 Å². The monoisotopic (exact) mass is 298 g/mol. The molecule has 1 unspecified atom stereocenters. The molecule has 3 nitrogen and oxygen atoms in total. The van der Waals surface area contributed by atoms with Gasteiger partial charge in [-0.05, 0) is 63.6 Å². The Balaban J connectivity index is 2.28. The van der Waals surface area contributed by atoms with Crippen molar-refractivity contribution in [3.8, 4) is 0 Å². The average Bonchev–Trinajstić information content (AvgIpc) is 2.37. The zero-order chi connectivity index (χ0) is 16.1. The fourth-order valence-corrected chi connectivity index (χ4v) is 3.61. The van der Waals surface area contributed by atoms with Crippen LogP contribution >= 0.6 is 0 Å². The van der Waals surface area contributed by atoms with Crippen molar-refractivity contribution in [2.45, 2.75) is 78.8 Å². The Morgan fingerprint density at radius 2 is 1.71 bits per heavy atom. The lowest BCUT2D eigenvalue weighted by atomic mass is 9.75. The highest BCUT2D eigenvalue weighted by Gasteiger charge is 2.29. The summed E-state index contributed by atoms with van der Waals surface area (Å²) in [5.74, 6) is 0.874. The van der Waals surface area contributed by atoms with Gasteiger partial charge in [0.1, 0.15) is 0 Å². The van der Waals surface area contributed by atoms with Crippen LogP contribution < -0.4 is 5.32 Å². The second kappa shape index (κ2) is 7.94. The Morgan fingerprint density at radius 1 is 1.14 bits per heavy atom. The second-order valence-corrected chi connectivity index (χ2v) is 8.60. The van der Waals surface area contributed by atoms with Gasteiger partial charge in [0.05, 0.1) is 6.61 Å². The lowest BCUT2D eigenvalue weighted by Gasteiger charge is -2.39. The molecule has 0 aromatic heterocycles. The molecule has 0 aromatic rings. The minimum absolute atomic E-state index is 0.127. The average molecular weight is 299 g/mol. The maximum absolute atomic E-state index is 9.62. The molecule has 1 fully saturated rings. The summed E-state index contributed by atoms with van der Waals surface area (Å²) in [7, 11) is 0. The molecule has 126 valence electrons. The molecule has 1 aliphatic heterocycles. The van der Waals surface area contributed by atoms with Gasteiger partial charge in [-0.1, -0.05) is 34.6 Å². The van der Waals surface area contributed by atoms with Crippen LogP contribution in [0.4, 0.5) is 0 Å². The van der Waals surface area contributed by atoms with Crippen molar-refractivity contribution in [1.82, 2.24) is 10.2 Å². The molecule has 3 heteroatoms. The lowest BCUT2D eigenvalue weighted by Crippen LogP contribution is -2.49. The van der Waals surface area contributed by atoms with E-state index in [1.807, 2.05) is 0 Å². The van der Waals surface area contributed by atoms with Gasteiger partial charge in [0.25, 0.3) is 0 Å². The van der Waals surface area contributed by atoms with Crippen molar-refractivity contribution < 1.29 is 5.11 Å². The maximum atomic E-state index is 9.62. The first-order valence-corrected chi connectivity index (χ1v) is 8.77. The van der Waals surface area contributed by atoms with Crippen LogP contribution in [0.5, 0.6) is 0 Å². The van der Waals surface area contributed by atoms with Gasteiger partial charge in [0.15, 0.2) is 0 Å². The number of aliphatic hydroxyl groups is 1. The zero-order valence-corrected chi connectivity index (χ0v) is 15.2. The second-order valence-electron chi connectivity index (χ2n) is 8.60. The molecule has 0 saturated carbocycles. The summed E-state index contributed by atoms with van der Waals surface area (Å²) in [6, 6.07) is 0.421. The molecule has 0 radical (unpaired) electrons. The zero-order valence-electron chi connectivity index (χ0n) is 15.2. The Labute approximate surface area is 132 Å². The molecule has 0 amide bonds. The van der Waals surface area contributed by atoms with Crippen LogP contribution in [-0.4, -0.2) is 47.8 Å². The number of rotatable bonds is 7. The molecule has 21 heavy (non-hydrogen) atoms. The quantitative estimate of drug-likeness (QED) is 0.757. The third-order valence-electron chi connectivity index (χ3n) is 5.00. The highest BCUT2D eigenvalue weighted by Crippen LogP contribution is 2.34. The fourth-order valence-electron chi connectivity index (χ4n) is 3.61. The van der Waals surface area contributed by atoms with Crippen molar-refractivity contribution in [1.29, 1.82) is 0 Å². The number of aliphatic hydroxyl groups excluding tert-OH is 1. The standard InChI is InChI=1S/C18H38N2O/c1-15(2)19-18(6,14-21)10-7-11-20-12-8-16(9-13-20)17(3,4)5/h15-16,19,21H,7-14H2,1-6H3. The molecule has 0 bridgehead atoms. The molecule has 0 spiro atoms. The van der Waals surface area contributed by atoms with Gasteiger partial charge < -0.3 is 15.3 Å². The summed E-state index contributed by atoms with van der Waals surface area (Å²) < 4.78 is 0. The Morgan fingerprint density at radius 3 is 2.14 bits per heavy atom. The molecular weight excluding hydrogens is 260 g/mol. The van der Waals surface area contributed by atoms with Crippen LogP contribution in [0.15, 0.2) is 0 Å². The van der Waals surface area contributed by atoms with E-state index >= 15 is 0 Å². The number of nitrogens with one attached hydrogen (secondary N) is 1. The number of nitrogens with zero attached hydrogens (tertiary/aromatic N) is 1. The van der Waals surface area contributed by atoms with E-state index in [-0.39, 0.29) is 12.1 Å². The summed E-state index contributed by atoms with van der Waals surface area (Å²) >= 11 is 0. The first-order valence-electron chi connectivity index (χ1n) is 8.77. The summed E-state index contributed by atoms with van der Waals surface area (Å²) in [5, 5.41) is 13.1. The smallest absolute Gasteiger partial charge is 0.0610 e. The summed E-state index contributed by atoms with van der Waals surface area (Å²) in [5.41, 5.74) is 0.334. The summed E-state index contributed by atoms with van der Waals surface area (Å²) in [4.78, 5) is 2.61. The van der Waals surface area contributed by atoms with E-state index in [1.165, 1.54) is 32.5 Å². The van der Waals surface area contributed by atoms with E-state index < -0.39 is 0 Å². The van der Waals surface area contributed by atoms with Gasteiger partial charge in [-0.15, -0.1) is 0 Å². The van der Waals surface area contributed by atoms with E-state index in [2.05, 4.69) is 51.8 Å². The Hall–Kier alpha value is -0.120. The van der Waals surface area contributed by atoms with Crippen LogP contribution in [0.25, 0.3) is 0 Å². The summed E-state index contributed by atoms with van der Waals surface area (Å²) in [6.07, 6.45) is 4.88. The van der Waals surface area contributed by atoms with Crippen LogP contribution in [0.2, 0.25) is 0 Å². The van der Waals surface area contributed by atoms with Gasteiger partial charge in [0, 0.05) is 11.6 Å². The van der Waals surface area contributed by atoms with Crippen molar-refractivity contribution in [3.63, 3.8) is 0 Å². The maximum Gasteiger partial charge on any atom is 0.0610 e. The number of likely N-dealkylation sites (tertiary alicyclic amines) is 1. The molecule has 1 heterocycles. The normalized spacial score (nSPS) is 21.7. The molecule has 1 rings (SSSR count). The molecule has 1 atom stereocenters. The van der Waals surface area contributed by atoms with Gasteiger partial charge in [0.2, 0.25) is 0 Å². The van der Waals surface area contributed by atoms with E-state index in [4.69, 9.17) is 0 Å². The van der Waals surface area contributed by atoms with Gasteiger partial charge in [-0.25, -0.2) is 0 Å². The third kappa shape index (κ3) is 6.66. The minimum atomic E-state index is -0.127. The number of hydrogen-bond donors (Lipinski definition) is 2. The molecule has 0 aromatic carbocycles. The number of piperidine rings is 1. The fraction of sp³-hybridized carbons (Fsp3) is 1.00. The minimum Gasteiger partial charge on any atom is -0.394 e.